The number of rotatable bonds is 9. The highest BCUT2D eigenvalue weighted by molar-refractivity contribution is 7.89. The highest BCUT2D eigenvalue weighted by atomic mass is 32.2. The molecule has 2 N–H and O–H groups in total. The molecule has 0 aliphatic rings. The third-order valence-electron chi connectivity index (χ3n) is 4.60. The van der Waals surface area contributed by atoms with Gasteiger partial charge in [0.05, 0.1) is 10.5 Å². The Morgan fingerprint density at radius 3 is 2.16 bits per heavy atom. The van der Waals surface area contributed by atoms with Crippen molar-refractivity contribution in [1.82, 2.24) is 4.31 Å². The molecule has 8 nitrogen and oxygen atoms in total. The molecule has 0 atom stereocenters. The Bertz CT molecular complexity index is 1220. The molecule has 3 aromatic rings. The zero-order chi connectivity index (χ0) is 23.3. The molecule has 0 unspecified atom stereocenters. The van der Waals surface area contributed by atoms with Crippen molar-refractivity contribution in [2.75, 3.05) is 6.54 Å². The van der Waals surface area contributed by atoms with E-state index in [-0.39, 0.29) is 16.0 Å². The Labute approximate surface area is 185 Å². The van der Waals surface area contributed by atoms with Crippen molar-refractivity contribution in [2.45, 2.75) is 18.4 Å². The van der Waals surface area contributed by atoms with Gasteiger partial charge in [-0.1, -0.05) is 35.9 Å². The second-order valence-corrected chi connectivity index (χ2v) is 8.96. The van der Waals surface area contributed by atoms with Crippen molar-refractivity contribution in [3.63, 3.8) is 0 Å². The van der Waals surface area contributed by atoms with E-state index in [0.717, 1.165) is 9.87 Å². The van der Waals surface area contributed by atoms with E-state index >= 15 is 0 Å². The second kappa shape index (κ2) is 9.63. The Balaban J connectivity index is 2.00. The molecule has 0 bridgehead atoms. The van der Waals surface area contributed by atoms with Crippen LogP contribution in [0.4, 0.5) is 0 Å². The number of hydrogen-bond donors (Lipinski definition) is 2. The van der Waals surface area contributed by atoms with Gasteiger partial charge in [-0.3, -0.25) is 4.79 Å². The number of para-hydroxylation sites is 1. The van der Waals surface area contributed by atoms with Crippen LogP contribution in [0.5, 0.6) is 11.5 Å². The minimum Gasteiger partial charge on any atom is -0.480 e. The van der Waals surface area contributed by atoms with E-state index in [4.69, 9.17) is 4.74 Å². The van der Waals surface area contributed by atoms with Crippen molar-refractivity contribution in [3.8, 4) is 11.5 Å². The number of benzene rings is 3. The van der Waals surface area contributed by atoms with Gasteiger partial charge in [-0.25, -0.2) is 13.2 Å². The summed E-state index contributed by atoms with van der Waals surface area (Å²) in [6.45, 7) is 0.498. The smallest absolute Gasteiger partial charge is 0.336 e. The third-order valence-corrected chi connectivity index (χ3v) is 6.41. The molecule has 0 saturated carbocycles. The molecule has 32 heavy (non-hydrogen) atoms. The quantitative estimate of drug-likeness (QED) is 0.504. The molecule has 9 heteroatoms. The number of aliphatic carboxylic acids is 1. The lowest BCUT2D eigenvalue weighted by Crippen LogP contribution is -2.35. The summed E-state index contributed by atoms with van der Waals surface area (Å²) in [5, 5.41) is 18.9. The van der Waals surface area contributed by atoms with E-state index in [1.54, 1.807) is 43.3 Å². The molecular formula is C23H21NO7S. The van der Waals surface area contributed by atoms with E-state index in [1.165, 1.54) is 30.3 Å². The second-order valence-electron chi connectivity index (χ2n) is 7.02. The molecule has 0 aliphatic heterocycles. The third kappa shape index (κ3) is 5.51. The maximum atomic E-state index is 13.1. The number of carbonyl (C=O) groups is 2. The molecule has 0 aromatic heterocycles. The molecule has 3 aromatic carbocycles. The first kappa shape index (κ1) is 23.0. The van der Waals surface area contributed by atoms with Gasteiger partial charge in [0.1, 0.15) is 18.0 Å². The summed E-state index contributed by atoms with van der Waals surface area (Å²) in [6.07, 6.45) is 0. The fourth-order valence-corrected chi connectivity index (χ4v) is 4.39. The van der Waals surface area contributed by atoms with Gasteiger partial charge in [0, 0.05) is 6.54 Å². The number of sulfonamides is 1. The summed E-state index contributed by atoms with van der Waals surface area (Å²) in [5.41, 5.74) is 0.787. The summed E-state index contributed by atoms with van der Waals surface area (Å²) < 4.78 is 32.7. The Morgan fingerprint density at radius 2 is 1.56 bits per heavy atom. The Kier molecular flexibility index (Phi) is 6.92. The van der Waals surface area contributed by atoms with Crippen LogP contribution in [0.25, 0.3) is 0 Å². The van der Waals surface area contributed by atoms with Crippen molar-refractivity contribution < 1.29 is 33.0 Å². The fraction of sp³-hybridized carbons (Fsp3) is 0.130. The molecule has 0 aliphatic carbocycles. The van der Waals surface area contributed by atoms with Crippen molar-refractivity contribution in [3.05, 3.63) is 89.5 Å². The highest BCUT2D eigenvalue weighted by Crippen LogP contribution is 2.27. The van der Waals surface area contributed by atoms with E-state index in [2.05, 4.69) is 0 Å². The van der Waals surface area contributed by atoms with Crippen molar-refractivity contribution in [1.29, 1.82) is 0 Å². The molecule has 0 saturated heterocycles. The van der Waals surface area contributed by atoms with Crippen LogP contribution in [-0.4, -0.2) is 41.4 Å². The summed E-state index contributed by atoms with van der Waals surface area (Å²) in [4.78, 5) is 23.1. The number of carboxylic acids is 2. The molecule has 0 spiro atoms. The number of ether oxygens (including phenoxy) is 1. The lowest BCUT2D eigenvalue weighted by atomic mass is 10.1. The van der Waals surface area contributed by atoms with E-state index in [0.29, 0.717) is 11.5 Å². The van der Waals surface area contributed by atoms with Gasteiger partial charge in [0.15, 0.2) is 0 Å². The lowest BCUT2D eigenvalue weighted by Gasteiger charge is -2.22. The monoisotopic (exact) mass is 455 g/mol. The predicted molar refractivity (Wildman–Crippen MR) is 116 cm³/mol. The SMILES string of the molecule is Cc1ccc(S(=O)(=O)N(CC(=O)O)Cc2cc(Oc3ccccc3)ccc2C(=O)O)cc1. The van der Waals surface area contributed by atoms with Crippen LogP contribution in [0.15, 0.2) is 77.7 Å². The van der Waals surface area contributed by atoms with Crippen LogP contribution in [0.2, 0.25) is 0 Å². The first-order valence-corrected chi connectivity index (χ1v) is 11.0. The minimum atomic E-state index is -4.21. The van der Waals surface area contributed by atoms with Crippen LogP contribution in [0.3, 0.4) is 0 Å². The normalized spacial score (nSPS) is 11.3. The van der Waals surface area contributed by atoms with Crippen molar-refractivity contribution in [2.24, 2.45) is 0 Å². The zero-order valence-corrected chi connectivity index (χ0v) is 18.0. The van der Waals surface area contributed by atoms with Gasteiger partial charge in [0.2, 0.25) is 10.0 Å². The van der Waals surface area contributed by atoms with Crippen LogP contribution >= 0.6 is 0 Å². The molecule has 0 radical (unpaired) electrons. The largest absolute Gasteiger partial charge is 0.480 e. The average Bonchev–Trinajstić information content (AvgIpc) is 2.74. The van der Waals surface area contributed by atoms with Gasteiger partial charge in [-0.15, -0.1) is 0 Å². The minimum absolute atomic E-state index is 0.0853. The molecular weight excluding hydrogens is 434 g/mol. The standard InChI is InChI=1S/C23H21NO7S/c1-16-7-10-20(11-8-16)32(29,30)24(15-22(25)26)14-17-13-19(9-12-21(17)23(27)28)31-18-5-3-2-4-6-18/h2-13H,14-15H2,1H3,(H,25,26)(H,27,28). The van der Waals surface area contributed by atoms with E-state index in [9.17, 15) is 28.2 Å². The first-order chi connectivity index (χ1) is 15.2. The molecule has 3 rings (SSSR count). The zero-order valence-electron chi connectivity index (χ0n) is 17.1. The van der Waals surface area contributed by atoms with Crippen molar-refractivity contribution >= 4 is 22.0 Å². The lowest BCUT2D eigenvalue weighted by molar-refractivity contribution is -0.137. The highest BCUT2D eigenvalue weighted by Gasteiger charge is 2.28. The molecule has 0 heterocycles. The van der Waals surface area contributed by atoms with Crippen LogP contribution in [0.1, 0.15) is 21.5 Å². The van der Waals surface area contributed by atoms with Gasteiger partial charge in [0.25, 0.3) is 0 Å². The predicted octanol–water partition coefficient (Wildman–Crippen LogP) is 3.76. The van der Waals surface area contributed by atoms with Gasteiger partial charge in [-0.05, 0) is 55.0 Å². The topological polar surface area (TPSA) is 121 Å². The fourth-order valence-electron chi connectivity index (χ4n) is 3.02. The number of carboxylic acid groups (broad SMARTS) is 2. The van der Waals surface area contributed by atoms with Crippen LogP contribution in [-0.2, 0) is 21.4 Å². The van der Waals surface area contributed by atoms with Gasteiger partial charge < -0.3 is 14.9 Å². The Hall–Kier alpha value is -3.69. The first-order valence-electron chi connectivity index (χ1n) is 9.54. The average molecular weight is 455 g/mol. The van der Waals surface area contributed by atoms with Crippen LogP contribution in [0, 0.1) is 6.92 Å². The summed E-state index contributed by atoms with van der Waals surface area (Å²) in [5.74, 6) is -1.83. The maximum absolute atomic E-state index is 13.1. The van der Waals surface area contributed by atoms with E-state index in [1.807, 2.05) is 6.07 Å². The summed E-state index contributed by atoms with van der Waals surface area (Å²) >= 11 is 0. The summed E-state index contributed by atoms with van der Waals surface area (Å²) in [7, 11) is -4.21. The maximum Gasteiger partial charge on any atom is 0.336 e. The molecule has 0 amide bonds. The number of hydrogen-bond acceptors (Lipinski definition) is 5. The number of aryl methyl sites for hydroxylation is 1. The van der Waals surface area contributed by atoms with E-state index < -0.39 is 35.1 Å². The van der Waals surface area contributed by atoms with Gasteiger partial charge in [-0.2, -0.15) is 4.31 Å². The Morgan fingerprint density at radius 1 is 0.906 bits per heavy atom. The number of nitrogens with zero attached hydrogens (tertiary/aromatic N) is 1. The molecule has 0 fully saturated rings. The molecule has 166 valence electrons. The summed E-state index contributed by atoms with van der Waals surface area (Å²) in [6, 6.07) is 18.9. The number of aromatic carboxylic acids is 1. The van der Waals surface area contributed by atoms with Gasteiger partial charge >= 0.3 is 11.9 Å². The van der Waals surface area contributed by atoms with Crippen LogP contribution < -0.4 is 4.74 Å².